The van der Waals surface area contributed by atoms with Crippen LogP contribution in [0.4, 0.5) is 13.2 Å². The van der Waals surface area contributed by atoms with Crippen LogP contribution in [0.15, 0.2) is 36.7 Å². The van der Waals surface area contributed by atoms with Crippen LogP contribution in [0.3, 0.4) is 0 Å². The van der Waals surface area contributed by atoms with E-state index in [1.165, 1.54) is 18.1 Å². The van der Waals surface area contributed by atoms with E-state index >= 15 is 0 Å². The summed E-state index contributed by atoms with van der Waals surface area (Å²) in [7, 11) is 1.34. The molecule has 2 N–H and O–H groups in total. The summed E-state index contributed by atoms with van der Waals surface area (Å²) in [6, 6.07) is 6.79. The molecule has 0 radical (unpaired) electrons. The predicted molar refractivity (Wildman–Crippen MR) is 94.4 cm³/mol. The standard InChI is InChI=1S/C19H22F3N3O3/c1-24-11-8-23-17(24)18(28,19(20,21)22)12-16(27)25-9-6-14(7-10-25)13-2-4-15(26)5-3-13/h2-5,8,11,14,26,28H,6-7,9-10,12H2,1H3/t18-/m1/s1. The minimum absolute atomic E-state index is 0.164. The Morgan fingerprint density at radius 2 is 1.82 bits per heavy atom. The first kappa shape index (κ1) is 20.2. The fourth-order valence-corrected chi connectivity index (χ4v) is 3.61. The van der Waals surface area contributed by atoms with Crippen molar-refractivity contribution in [1.82, 2.24) is 14.5 Å². The maximum Gasteiger partial charge on any atom is 0.425 e. The van der Waals surface area contributed by atoms with Crippen LogP contribution >= 0.6 is 0 Å². The Morgan fingerprint density at radius 1 is 1.21 bits per heavy atom. The highest BCUT2D eigenvalue weighted by Gasteiger charge is 2.59. The molecule has 152 valence electrons. The average molecular weight is 397 g/mol. The highest BCUT2D eigenvalue weighted by Crippen LogP contribution is 2.41. The molecule has 1 aliphatic rings. The number of carbonyl (C=O) groups excluding carboxylic acids is 1. The predicted octanol–water partition coefficient (Wildman–Crippen LogP) is 2.67. The Kier molecular flexibility index (Phi) is 5.38. The number of imidazole rings is 1. The number of amides is 1. The number of nitrogens with zero attached hydrogens (tertiary/aromatic N) is 3. The van der Waals surface area contributed by atoms with Crippen molar-refractivity contribution in [3.63, 3.8) is 0 Å². The molecule has 1 atom stereocenters. The zero-order valence-corrected chi connectivity index (χ0v) is 15.4. The molecule has 1 aliphatic heterocycles. The lowest BCUT2D eigenvalue weighted by atomic mass is 9.88. The first-order valence-electron chi connectivity index (χ1n) is 8.95. The Morgan fingerprint density at radius 3 is 2.32 bits per heavy atom. The molecule has 28 heavy (non-hydrogen) atoms. The number of alkyl halides is 3. The van der Waals surface area contributed by atoms with E-state index < -0.39 is 29.9 Å². The third kappa shape index (κ3) is 3.84. The largest absolute Gasteiger partial charge is 0.508 e. The van der Waals surface area contributed by atoms with Gasteiger partial charge in [-0.1, -0.05) is 12.1 Å². The molecule has 1 aromatic heterocycles. The van der Waals surface area contributed by atoms with E-state index in [0.29, 0.717) is 25.9 Å². The average Bonchev–Trinajstić information content (AvgIpc) is 3.08. The highest BCUT2D eigenvalue weighted by atomic mass is 19.4. The second-order valence-electron chi connectivity index (χ2n) is 7.14. The summed E-state index contributed by atoms with van der Waals surface area (Å²) in [5, 5.41) is 19.7. The number of hydrogen-bond donors (Lipinski definition) is 2. The van der Waals surface area contributed by atoms with Crippen molar-refractivity contribution >= 4 is 5.91 Å². The van der Waals surface area contributed by atoms with E-state index in [9.17, 15) is 28.2 Å². The maximum absolute atomic E-state index is 13.6. The number of halogens is 3. The molecular weight excluding hydrogens is 375 g/mol. The van der Waals surface area contributed by atoms with Gasteiger partial charge in [0.25, 0.3) is 0 Å². The summed E-state index contributed by atoms with van der Waals surface area (Å²) in [6.45, 7) is 0.609. The van der Waals surface area contributed by atoms with Crippen molar-refractivity contribution in [1.29, 1.82) is 0 Å². The molecule has 0 spiro atoms. The molecule has 0 saturated carbocycles. The van der Waals surface area contributed by atoms with Crippen molar-refractivity contribution in [2.24, 2.45) is 7.05 Å². The summed E-state index contributed by atoms with van der Waals surface area (Å²) < 4.78 is 41.9. The van der Waals surface area contributed by atoms with E-state index in [1.807, 2.05) is 0 Å². The van der Waals surface area contributed by atoms with Gasteiger partial charge in [-0.25, -0.2) is 4.98 Å². The van der Waals surface area contributed by atoms with E-state index in [2.05, 4.69) is 4.98 Å². The summed E-state index contributed by atoms with van der Waals surface area (Å²) in [4.78, 5) is 17.5. The maximum atomic E-state index is 13.6. The normalized spacial score (nSPS) is 18.1. The third-order valence-corrected chi connectivity index (χ3v) is 5.28. The Labute approximate surface area is 160 Å². The Bertz CT molecular complexity index is 827. The van der Waals surface area contributed by atoms with Crippen molar-refractivity contribution in [2.75, 3.05) is 13.1 Å². The zero-order valence-electron chi connectivity index (χ0n) is 15.4. The fraction of sp³-hybridized carbons (Fsp3) is 0.474. The lowest BCUT2D eigenvalue weighted by molar-refractivity contribution is -0.272. The van der Waals surface area contributed by atoms with Crippen molar-refractivity contribution in [3.8, 4) is 5.75 Å². The topological polar surface area (TPSA) is 78.6 Å². The number of piperidine rings is 1. The molecule has 3 rings (SSSR count). The number of benzene rings is 1. The van der Waals surface area contributed by atoms with E-state index in [0.717, 1.165) is 16.3 Å². The summed E-state index contributed by atoms with van der Waals surface area (Å²) >= 11 is 0. The van der Waals surface area contributed by atoms with Gasteiger partial charge in [-0.3, -0.25) is 4.79 Å². The molecule has 0 bridgehead atoms. The minimum atomic E-state index is -5.04. The number of rotatable bonds is 4. The van der Waals surface area contributed by atoms with Gasteiger partial charge in [0.15, 0.2) is 5.82 Å². The number of aryl methyl sites for hydroxylation is 1. The molecule has 1 fully saturated rings. The molecular formula is C19H22F3N3O3. The lowest BCUT2D eigenvalue weighted by Crippen LogP contribution is -2.49. The van der Waals surface area contributed by atoms with Gasteiger partial charge in [-0.05, 0) is 36.5 Å². The van der Waals surface area contributed by atoms with Gasteiger partial charge in [0.1, 0.15) is 5.75 Å². The number of aromatic nitrogens is 2. The summed E-state index contributed by atoms with van der Waals surface area (Å²) in [5.74, 6) is -1.03. The van der Waals surface area contributed by atoms with Crippen LogP contribution in [0, 0.1) is 0 Å². The quantitative estimate of drug-likeness (QED) is 0.832. The van der Waals surface area contributed by atoms with Gasteiger partial charge in [-0.15, -0.1) is 0 Å². The second kappa shape index (κ2) is 7.46. The number of aliphatic hydroxyl groups is 1. The van der Waals surface area contributed by atoms with Gasteiger partial charge in [0.2, 0.25) is 11.5 Å². The van der Waals surface area contributed by atoms with Crippen LogP contribution in [0.5, 0.6) is 5.75 Å². The molecule has 2 heterocycles. The van der Waals surface area contributed by atoms with Crippen LogP contribution in [0.25, 0.3) is 0 Å². The number of aromatic hydroxyl groups is 1. The zero-order chi connectivity index (χ0) is 20.5. The van der Waals surface area contributed by atoms with Gasteiger partial charge >= 0.3 is 6.18 Å². The number of phenolic OH excluding ortho intramolecular Hbond substituents is 1. The SMILES string of the molecule is Cn1ccnc1[C@](O)(CC(=O)N1CCC(c2ccc(O)cc2)CC1)C(F)(F)F. The molecule has 1 amide bonds. The van der Waals surface area contributed by atoms with E-state index in [4.69, 9.17) is 0 Å². The first-order chi connectivity index (χ1) is 13.1. The molecule has 2 aromatic rings. The first-order valence-corrected chi connectivity index (χ1v) is 8.95. The number of likely N-dealkylation sites (tertiary alicyclic amines) is 1. The molecule has 0 aliphatic carbocycles. The van der Waals surface area contributed by atoms with Gasteiger partial charge < -0.3 is 19.7 Å². The Balaban J connectivity index is 1.69. The van der Waals surface area contributed by atoms with Gasteiger partial charge in [0, 0.05) is 32.5 Å². The van der Waals surface area contributed by atoms with Gasteiger partial charge in [-0.2, -0.15) is 13.2 Å². The highest BCUT2D eigenvalue weighted by molar-refractivity contribution is 5.77. The molecule has 0 unspecified atom stereocenters. The van der Waals surface area contributed by atoms with Crippen LogP contribution in [-0.2, 0) is 17.4 Å². The van der Waals surface area contributed by atoms with Crippen molar-refractivity contribution < 1.29 is 28.2 Å². The number of phenols is 1. The lowest BCUT2D eigenvalue weighted by Gasteiger charge is -2.35. The monoisotopic (exact) mass is 397 g/mol. The van der Waals surface area contributed by atoms with Crippen LogP contribution in [-0.4, -0.2) is 49.8 Å². The molecule has 9 heteroatoms. The number of hydrogen-bond acceptors (Lipinski definition) is 4. The van der Waals surface area contributed by atoms with Gasteiger partial charge in [0.05, 0.1) is 6.42 Å². The summed E-state index contributed by atoms with van der Waals surface area (Å²) in [5.41, 5.74) is -2.32. The molecule has 1 saturated heterocycles. The van der Waals surface area contributed by atoms with Crippen LogP contribution < -0.4 is 0 Å². The van der Waals surface area contributed by atoms with E-state index in [-0.39, 0.29) is 11.7 Å². The van der Waals surface area contributed by atoms with E-state index in [1.54, 1.807) is 24.3 Å². The smallest absolute Gasteiger partial charge is 0.425 e. The van der Waals surface area contributed by atoms with Crippen molar-refractivity contribution in [3.05, 3.63) is 48.0 Å². The molecule has 1 aromatic carbocycles. The van der Waals surface area contributed by atoms with Crippen LogP contribution in [0.1, 0.15) is 36.6 Å². The number of carbonyl (C=O) groups is 1. The Hall–Kier alpha value is -2.55. The van der Waals surface area contributed by atoms with Crippen molar-refractivity contribution in [2.45, 2.75) is 37.0 Å². The molecule has 6 nitrogen and oxygen atoms in total. The third-order valence-electron chi connectivity index (χ3n) is 5.28. The minimum Gasteiger partial charge on any atom is -0.508 e. The summed E-state index contributed by atoms with van der Waals surface area (Å²) in [6.07, 6.45) is -2.50. The second-order valence-corrected chi connectivity index (χ2v) is 7.14. The fourth-order valence-electron chi connectivity index (χ4n) is 3.61. The van der Waals surface area contributed by atoms with Crippen LogP contribution in [0.2, 0.25) is 0 Å².